The Hall–Kier alpha value is -2.72. The van der Waals surface area contributed by atoms with Crippen LogP contribution in [0.3, 0.4) is 0 Å². The van der Waals surface area contributed by atoms with Crippen LogP contribution in [0.4, 0.5) is 0 Å². The Bertz CT molecular complexity index is 715. The molecule has 0 saturated heterocycles. The van der Waals surface area contributed by atoms with Crippen LogP contribution in [0, 0.1) is 11.8 Å². The largest absolute Gasteiger partial charge is 0.465 e. The van der Waals surface area contributed by atoms with Gasteiger partial charge in [0.2, 0.25) is 0 Å². The Kier molecular flexibility index (Phi) is 12.6. The van der Waals surface area contributed by atoms with Crippen molar-refractivity contribution in [3.05, 3.63) is 25.3 Å². The van der Waals surface area contributed by atoms with E-state index in [1.807, 2.05) is 0 Å². The fourth-order valence-electron chi connectivity index (χ4n) is 4.48. The van der Waals surface area contributed by atoms with Crippen LogP contribution in [0.5, 0.6) is 0 Å². The minimum absolute atomic E-state index is 0.000216. The number of ether oxygens (including phenoxy) is 4. The van der Waals surface area contributed by atoms with E-state index in [9.17, 15) is 29.4 Å². The average molecular weight is 511 g/mol. The smallest absolute Gasteiger partial charge is 0.330 e. The SMILES string of the molecule is C=CC(=O)OC1CCC(COC(=O)CCCCC(=O)OCC2CCC(OC(=O)C=C)C(O)C2)CC1O. The number of carbonyl (C=O) groups excluding carboxylic acids is 4. The van der Waals surface area contributed by atoms with Crippen molar-refractivity contribution in [3.8, 4) is 0 Å². The lowest BCUT2D eigenvalue weighted by Crippen LogP contribution is -2.38. The van der Waals surface area contributed by atoms with Gasteiger partial charge < -0.3 is 29.2 Å². The van der Waals surface area contributed by atoms with Gasteiger partial charge >= 0.3 is 23.9 Å². The Labute approximate surface area is 211 Å². The lowest BCUT2D eigenvalue weighted by molar-refractivity contribution is -0.156. The third-order valence-corrected chi connectivity index (χ3v) is 6.57. The highest BCUT2D eigenvalue weighted by Crippen LogP contribution is 2.28. The van der Waals surface area contributed by atoms with Crippen molar-refractivity contribution < 1.29 is 48.3 Å². The highest BCUT2D eigenvalue weighted by molar-refractivity contribution is 5.81. The van der Waals surface area contributed by atoms with E-state index in [1.54, 1.807) is 0 Å². The predicted molar refractivity (Wildman–Crippen MR) is 127 cm³/mol. The van der Waals surface area contributed by atoms with Gasteiger partial charge in [-0.2, -0.15) is 0 Å². The summed E-state index contributed by atoms with van der Waals surface area (Å²) in [5, 5.41) is 20.3. The molecular weight excluding hydrogens is 472 g/mol. The second kappa shape index (κ2) is 15.4. The summed E-state index contributed by atoms with van der Waals surface area (Å²) in [6.07, 6.45) is 3.82. The van der Waals surface area contributed by atoms with E-state index in [0.717, 1.165) is 12.2 Å². The number of hydrogen-bond acceptors (Lipinski definition) is 10. The highest BCUT2D eigenvalue weighted by atomic mass is 16.6. The second-order valence-corrected chi connectivity index (χ2v) is 9.42. The van der Waals surface area contributed by atoms with Crippen molar-refractivity contribution in [2.24, 2.45) is 11.8 Å². The molecule has 36 heavy (non-hydrogen) atoms. The van der Waals surface area contributed by atoms with Crippen molar-refractivity contribution >= 4 is 23.9 Å². The zero-order chi connectivity index (χ0) is 26.5. The molecule has 0 bridgehead atoms. The molecule has 0 spiro atoms. The van der Waals surface area contributed by atoms with E-state index in [4.69, 9.17) is 18.9 Å². The summed E-state index contributed by atoms with van der Waals surface area (Å²) >= 11 is 0. The molecule has 0 heterocycles. The van der Waals surface area contributed by atoms with Crippen molar-refractivity contribution in [3.63, 3.8) is 0 Å². The minimum Gasteiger partial charge on any atom is -0.465 e. The van der Waals surface area contributed by atoms with Crippen LogP contribution in [0.1, 0.15) is 64.2 Å². The van der Waals surface area contributed by atoms with Crippen LogP contribution in [-0.4, -0.2) is 71.7 Å². The summed E-state index contributed by atoms with van der Waals surface area (Å²) in [7, 11) is 0. The van der Waals surface area contributed by atoms with E-state index in [-0.39, 0.29) is 49.8 Å². The highest BCUT2D eigenvalue weighted by Gasteiger charge is 2.33. The quantitative estimate of drug-likeness (QED) is 0.164. The summed E-state index contributed by atoms with van der Waals surface area (Å²) in [5.41, 5.74) is 0. The first-order chi connectivity index (χ1) is 17.2. The van der Waals surface area contributed by atoms with Gasteiger partial charge in [0.05, 0.1) is 25.4 Å². The zero-order valence-electron chi connectivity index (χ0n) is 20.7. The fraction of sp³-hybridized carbons (Fsp3) is 0.692. The third kappa shape index (κ3) is 10.5. The van der Waals surface area contributed by atoms with Gasteiger partial charge in [-0.15, -0.1) is 0 Å². The topological polar surface area (TPSA) is 146 Å². The minimum atomic E-state index is -0.801. The van der Waals surface area contributed by atoms with E-state index in [2.05, 4.69) is 13.2 Å². The molecule has 2 aliphatic carbocycles. The number of carbonyl (C=O) groups is 4. The molecule has 0 aromatic heterocycles. The first kappa shape index (κ1) is 29.5. The number of aliphatic hydroxyl groups is 2. The molecule has 0 aliphatic heterocycles. The summed E-state index contributed by atoms with van der Waals surface area (Å²) in [4.78, 5) is 46.6. The maximum absolute atomic E-state index is 12.0. The van der Waals surface area contributed by atoms with Crippen LogP contribution in [0.2, 0.25) is 0 Å². The molecule has 0 aromatic carbocycles. The fourth-order valence-corrected chi connectivity index (χ4v) is 4.48. The Morgan fingerprint density at radius 1 is 0.694 bits per heavy atom. The second-order valence-electron chi connectivity index (χ2n) is 9.42. The number of hydrogen-bond donors (Lipinski definition) is 2. The molecular formula is C26H38O10. The van der Waals surface area contributed by atoms with Gasteiger partial charge in [-0.05, 0) is 63.2 Å². The maximum atomic E-state index is 12.0. The molecule has 6 unspecified atom stereocenters. The zero-order valence-corrected chi connectivity index (χ0v) is 20.7. The molecule has 202 valence electrons. The monoisotopic (exact) mass is 510 g/mol. The Morgan fingerprint density at radius 3 is 1.42 bits per heavy atom. The summed E-state index contributed by atoms with van der Waals surface area (Å²) in [6.45, 7) is 7.06. The van der Waals surface area contributed by atoms with Gasteiger partial charge in [0.1, 0.15) is 12.2 Å². The molecule has 2 aliphatic rings. The third-order valence-electron chi connectivity index (χ3n) is 6.57. The molecule has 2 rings (SSSR count). The molecule has 2 N–H and O–H groups in total. The molecule has 2 fully saturated rings. The van der Waals surface area contributed by atoms with E-state index in [1.165, 1.54) is 0 Å². The molecule has 10 nitrogen and oxygen atoms in total. The van der Waals surface area contributed by atoms with Crippen molar-refractivity contribution in [2.75, 3.05) is 13.2 Å². The lowest BCUT2D eigenvalue weighted by atomic mass is 9.86. The van der Waals surface area contributed by atoms with Gasteiger partial charge in [-0.1, -0.05) is 13.2 Å². The van der Waals surface area contributed by atoms with Gasteiger partial charge in [0.15, 0.2) is 0 Å². The lowest BCUT2D eigenvalue weighted by Gasteiger charge is -2.32. The molecule has 6 atom stereocenters. The standard InChI is InChI=1S/C26H38O10/c1-3-23(29)35-21-11-9-17(13-19(21)27)15-33-25(31)7-5-6-8-26(32)34-16-18-10-12-22(20(28)14-18)36-24(30)4-2/h3-4,17-22,27-28H,1-2,5-16H2. The number of aliphatic hydroxyl groups excluding tert-OH is 2. The summed E-state index contributed by atoms with van der Waals surface area (Å²) in [6, 6.07) is 0. The van der Waals surface area contributed by atoms with Crippen LogP contribution in [-0.2, 0) is 38.1 Å². The summed E-state index contributed by atoms with van der Waals surface area (Å²) in [5.74, 6) is -1.85. The van der Waals surface area contributed by atoms with E-state index >= 15 is 0 Å². The molecule has 10 heteroatoms. The predicted octanol–water partition coefficient (Wildman–Crippen LogP) is 2.15. The van der Waals surface area contributed by atoms with E-state index < -0.39 is 36.4 Å². The first-order valence-corrected chi connectivity index (χ1v) is 12.5. The van der Waals surface area contributed by atoms with Crippen molar-refractivity contribution in [1.29, 1.82) is 0 Å². The van der Waals surface area contributed by atoms with Gasteiger partial charge in [0.25, 0.3) is 0 Å². The van der Waals surface area contributed by atoms with Crippen molar-refractivity contribution in [2.45, 2.75) is 88.6 Å². The van der Waals surface area contributed by atoms with Gasteiger partial charge in [-0.25, -0.2) is 9.59 Å². The number of rotatable bonds is 13. The number of unbranched alkanes of at least 4 members (excludes halogenated alkanes) is 1. The Morgan fingerprint density at radius 2 is 1.08 bits per heavy atom. The van der Waals surface area contributed by atoms with Crippen LogP contribution < -0.4 is 0 Å². The van der Waals surface area contributed by atoms with Gasteiger partial charge in [0, 0.05) is 25.0 Å². The number of esters is 4. The van der Waals surface area contributed by atoms with Crippen LogP contribution in [0.15, 0.2) is 25.3 Å². The first-order valence-electron chi connectivity index (χ1n) is 12.5. The average Bonchev–Trinajstić information content (AvgIpc) is 2.86. The molecule has 0 radical (unpaired) electrons. The molecule has 2 saturated carbocycles. The van der Waals surface area contributed by atoms with Gasteiger partial charge in [-0.3, -0.25) is 9.59 Å². The summed E-state index contributed by atoms with van der Waals surface area (Å²) < 4.78 is 20.8. The van der Waals surface area contributed by atoms with E-state index in [0.29, 0.717) is 51.4 Å². The van der Waals surface area contributed by atoms with Crippen LogP contribution in [0.25, 0.3) is 0 Å². The maximum Gasteiger partial charge on any atom is 0.330 e. The Balaban J connectivity index is 1.51. The normalized spacial score (nSPS) is 27.8. The van der Waals surface area contributed by atoms with Crippen molar-refractivity contribution in [1.82, 2.24) is 0 Å². The van der Waals surface area contributed by atoms with Crippen LogP contribution >= 0.6 is 0 Å². The molecule has 0 aromatic rings. The molecule has 0 amide bonds.